The molecule has 0 radical (unpaired) electrons. The number of hydrogen-bond acceptors (Lipinski definition) is 4. The summed E-state index contributed by atoms with van der Waals surface area (Å²) in [6.45, 7) is 2.03. The highest BCUT2D eigenvalue weighted by atomic mass is 32.2. The lowest BCUT2D eigenvalue weighted by molar-refractivity contribution is 0.0937. The van der Waals surface area contributed by atoms with Gasteiger partial charge in [-0.1, -0.05) is 42.5 Å². The van der Waals surface area contributed by atoms with Gasteiger partial charge in [-0.2, -0.15) is 0 Å². The minimum atomic E-state index is -0.116. The summed E-state index contributed by atoms with van der Waals surface area (Å²) in [5.74, 6) is -0.0850. The minimum absolute atomic E-state index is 0.0850. The Hall–Kier alpha value is -3.31. The van der Waals surface area contributed by atoms with Crippen LogP contribution in [0.25, 0.3) is 10.8 Å². The molecule has 4 nitrogen and oxygen atoms in total. The van der Waals surface area contributed by atoms with Crippen molar-refractivity contribution in [3.8, 4) is 0 Å². The average molecular weight is 414 g/mol. The molecule has 0 saturated carbocycles. The smallest absolute Gasteiger partial charge is 0.252 e. The molecule has 0 aliphatic heterocycles. The third kappa shape index (κ3) is 4.31. The molecule has 4 rings (SSSR count). The van der Waals surface area contributed by atoms with Crippen LogP contribution in [-0.4, -0.2) is 17.1 Å². The minimum Gasteiger partial charge on any atom is -0.355 e. The number of pyridine rings is 1. The number of rotatable bonds is 6. The average Bonchev–Trinajstić information content (AvgIpc) is 2.79. The lowest BCUT2D eigenvalue weighted by Gasteiger charge is -2.18. The Kier molecular flexibility index (Phi) is 6.00. The van der Waals surface area contributed by atoms with Crippen molar-refractivity contribution in [2.24, 2.45) is 0 Å². The number of hydrogen-bond donors (Lipinski definition) is 2. The summed E-state index contributed by atoms with van der Waals surface area (Å²) in [7, 11) is 0. The lowest BCUT2D eigenvalue weighted by atomic mass is 9.99. The van der Waals surface area contributed by atoms with Crippen LogP contribution < -0.4 is 10.6 Å². The Labute approximate surface area is 180 Å². The van der Waals surface area contributed by atoms with Crippen LogP contribution in [0.15, 0.2) is 90.1 Å². The Morgan fingerprint density at radius 2 is 1.70 bits per heavy atom. The fourth-order valence-corrected chi connectivity index (χ4v) is 4.12. The fourth-order valence-electron chi connectivity index (χ4n) is 3.55. The largest absolute Gasteiger partial charge is 0.355 e. The molecule has 150 valence electrons. The predicted molar refractivity (Wildman–Crippen MR) is 126 cm³/mol. The van der Waals surface area contributed by atoms with E-state index in [0.717, 1.165) is 27.2 Å². The SMILES string of the molecule is CSc1ccc(Nc2ccncc2)cc1C(=O)N[C@H](C)c1cccc2ccccc12. The van der Waals surface area contributed by atoms with Gasteiger partial charge in [0.25, 0.3) is 5.91 Å². The van der Waals surface area contributed by atoms with E-state index in [-0.39, 0.29) is 11.9 Å². The van der Waals surface area contributed by atoms with Crippen molar-refractivity contribution < 1.29 is 4.79 Å². The second-order valence-corrected chi connectivity index (χ2v) is 7.89. The first kappa shape index (κ1) is 20.0. The molecule has 3 aromatic carbocycles. The molecule has 0 aliphatic rings. The van der Waals surface area contributed by atoms with Crippen molar-refractivity contribution in [3.63, 3.8) is 0 Å². The highest BCUT2D eigenvalue weighted by Gasteiger charge is 2.17. The van der Waals surface area contributed by atoms with E-state index in [4.69, 9.17) is 0 Å². The monoisotopic (exact) mass is 413 g/mol. The molecule has 1 amide bonds. The maximum atomic E-state index is 13.2. The molecule has 1 atom stereocenters. The molecule has 5 heteroatoms. The first-order chi connectivity index (χ1) is 14.7. The Balaban J connectivity index is 1.59. The van der Waals surface area contributed by atoms with E-state index in [9.17, 15) is 4.79 Å². The van der Waals surface area contributed by atoms with Gasteiger partial charge in [0.05, 0.1) is 11.6 Å². The number of amides is 1. The van der Waals surface area contributed by atoms with Crippen molar-refractivity contribution >= 4 is 39.8 Å². The first-order valence-corrected chi connectivity index (χ1v) is 11.0. The summed E-state index contributed by atoms with van der Waals surface area (Å²) < 4.78 is 0. The first-order valence-electron chi connectivity index (χ1n) is 9.79. The molecule has 30 heavy (non-hydrogen) atoms. The van der Waals surface area contributed by atoms with Gasteiger partial charge >= 0.3 is 0 Å². The summed E-state index contributed by atoms with van der Waals surface area (Å²) in [5, 5.41) is 8.84. The van der Waals surface area contributed by atoms with E-state index in [1.807, 2.05) is 61.7 Å². The molecular formula is C25H23N3OS. The van der Waals surface area contributed by atoms with Crippen LogP contribution in [0.1, 0.15) is 28.9 Å². The van der Waals surface area contributed by atoms with Crippen LogP contribution in [0.5, 0.6) is 0 Å². The van der Waals surface area contributed by atoms with Crippen LogP contribution in [0.4, 0.5) is 11.4 Å². The Morgan fingerprint density at radius 1 is 0.933 bits per heavy atom. The molecule has 0 aliphatic carbocycles. The van der Waals surface area contributed by atoms with E-state index in [2.05, 4.69) is 39.9 Å². The van der Waals surface area contributed by atoms with Crippen LogP contribution in [0, 0.1) is 0 Å². The van der Waals surface area contributed by atoms with E-state index in [1.165, 1.54) is 5.39 Å². The van der Waals surface area contributed by atoms with Crippen molar-refractivity contribution in [2.45, 2.75) is 17.9 Å². The van der Waals surface area contributed by atoms with Crippen LogP contribution in [-0.2, 0) is 0 Å². The van der Waals surface area contributed by atoms with Crippen molar-refractivity contribution in [1.82, 2.24) is 10.3 Å². The van der Waals surface area contributed by atoms with Crippen molar-refractivity contribution in [3.05, 3.63) is 96.3 Å². The van der Waals surface area contributed by atoms with Gasteiger partial charge in [-0.3, -0.25) is 9.78 Å². The second kappa shape index (κ2) is 9.01. The lowest BCUT2D eigenvalue weighted by Crippen LogP contribution is -2.27. The van der Waals surface area contributed by atoms with E-state index in [1.54, 1.807) is 24.2 Å². The molecule has 0 fully saturated rings. The zero-order valence-corrected chi connectivity index (χ0v) is 17.7. The van der Waals surface area contributed by atoms with Gasteiger partial charge in [-0.25, -0.2) is 0 Å². The number of aromatic nitrogens is 1. The molecule has 0 spiro atoms. The van der Waals surface area contributed by atoms with E-state index >= 15 is 0 Å². The summed E-state index contributed by atoms with van der Waals surface area (Å²) >= 11 is 1.57. The molecule has 0 saturated heterocycles. The third-order valence-corrected chi connectivity index (χ3v) is 5.85. The van der Waals surface area contributed by atoms with Gasteiger partial charge in [-0.05, 0) is 59.8 Å². The van der Waals surface area contributed by atoms with Crippen LogP contribution >= 0.6 is 11.8 Å². The van der Waals surface area contributed by atoms with Gasteiger partial charge in [0, 0.05) is 28.7 Å². The highest BCUT2D eigenvalue weighted by Crippen LogP contribution is 2.28. The Morgan fingerprint density at radius 3 is 2.50 bits per heavy atom. The number of nitrogens with one attached hydrogen (secondary N) is 2. The number of carbonyl (C=O) groups excluding carboxylic acids is 1. The predicted octanol–water partition coefficient (Wildman–Crippen LogP) is 6.19. The van der Waals surface area contributed by atoms with Crippen molar-refractivity contribution in [1.29, 1.82) is 0 Å². The summed E-state index contributed by atoms with van der Waals surface area (Å²) in [5.41, 5.74) is 3.56. The second-order valence-electron chi connectivity index (χ2n) is 7.04. The zero-order valence-electron chi connectivity index (χ0n) is 16.9. The van der Waals surface area contributed by atoms with Gasteiger partial charge in [-0.15, -0.1) is 11.8 Å². The maximum Gasteiger partial charge on any atom is 0.252 e. The van der Waals surface area contributed by atoms with E-state index in [0.29, 0.717) is 5.56 Å². The molecular weight excluding hydrogens is 390 g/mol. The quantitative estimate of drug-likeness (QED) is 0.370. The van der Waals surface area contributed by atoms with Gasteiger partial charge in [0.15, 0.2) is 0 Å². The number of anilines is 2. The Bertz CT molecular complexity index is 1170. The maximum absolute atomic E-state index is 13.2. The summed E-state index contributed by atoms with van der Waals surface area (Å²) in [4.78, 5) is 18.2. The number of benzene rings is 3. The fraction of sp³-hybridized carbons (Fsp3) is 0.120. The number of carbonyl (C=O) groups is 1. The summed E-state index contributed by atoms with van der Waals surface area (Å²) in [6, 6.07) is 24.0. The van der Waals surface area contributed by atoms with Gasteiger partial charge < -0.3 is 10.6 Å². The van der Waals surface area contributed by atoms with Crippen molar-refractivity contribution in [2.75, 3.05) is 11.6 Å². The molecule has 0 bridgehead atoms. The third-order valence-electron chi connectivity index (χ3n) is 5.05. The molecule has 1 heterocycles. The van der Waals surface area contributed by atoms with Crippen LogP contribution in [0.3, 0.4) is 0 Å². The standard InChI is InChI=1S/C25H23N3OS/c1-17(21-9-5-7-18-6-3-4-8-22(18)21)27-25(29)23-16-20(10-11-24(23)30-2)28-19-12-14-26-15-13-19/h3-17H,1-2H3,(H,26,28)(H,27,29)/t17-/m1/s1. The highest BCUT2D eigenvalue weighted by molar-refractivity contribution is 7.98. The molecule has 0 unspecified atom stereocenters. The molecule has 1 aromatic heterocycles. The molecule has 4 aromatic rings. The molecule has 2 N–H and O–H groups in total. The normalized spacial score (nSPS) is 11.8. The van der Waals surface area contributed by atoms with Gasteiger partial charge in [0.1, 0.15) is 0 Å². The van der Waals surface area contributed by atoms with E-state index < -0.39 is 0 Å². The zero-order chi connectivity index (χ0) is 20.9. The number of nitrogens with zero attached hydrogens (tertiary/aromatic N) is 1. The number of thioether (sulfide) groups is 1. The number of fused-ring (bicyclic) bond motifs is 1. The summed E-state index contributed by atoms with van der Waals surface area (Å²) in [6.07, 6.45) is 5.45. The van der Waals surface area contributed by atoms with Crippen LogP contribution in [0.2, 0.25) is 0 Å². The topological polar surface area (TPSA) is 54.0 Å². The van der Waals surface area contributed by atoms with Gasteiger partial charge in [0.2, 0.25) is 0 Å².